The number of hydrogen-bond donors (Lipinski definition) is 0. The number of aromatic nitrogens is 2. The van der Waals surface area contributed by atoms with Crippen molar-refractivity contribution in [3.63, 3.8) is 0 Å². The fourth-order valence-corrected chi connectivity index (χ4v) is 5.60. The lowest BCUT2D eigenvalue weighted by molar-refractivity contribution is -0.128. The van der Waals surface area contributed by atoms with Gasteiger partial charge in [0.15, 0.2) is 5.83 Å². The first-order chi connectivity index (χ1) is 16.1. The Hall–Kier alpha value is -2.35. The predicted octanol–water partition coefficient (Wildman–Crippen LogP) is 0.203. The van der Waals surface area contributed by atoms with E-state index in [0.29, 0.717) is 44.3 Å². The zero-order chi connectivity index (χ0) is 24.6. The molecular formula is C21H32FN7O4S. The highest BCUT2D eigenvalue weighted by Crippen LogP contribution is 2.33. The Kier molecular flexibility index (Phi) is 7.08. The molecule has 34 heavy (non-hydrogen) atoms. The first-order valence-corrected chi connectivity index (χ1v) is 12.8. The van der Waals surface area contributed by atoms with Gasteiger partial charge in [-0.25, -0.2) is 4.39 Å². The van der Waals surface area contributed by atoms with Gasteiger partial charge in [-0.2, -0.15) is 27.0 Å². The lowest BCUT2D eigenvalue weighted by Gasteiger charge is -2.35. The Morgan fingerprint density at radius 1 is 1.18 bits per heavy atom. The summed E-state index contributed by atoms with van der Waals surface area (Å²) < 4.78 is 47.3. The number of piperazine rings is 1. The second-order valence-electron chi connectivity index (χ2n) is 9.09. The number of carbonyl (C=O) groups is 1. The molecule has 13 heteroatoms. The quantitative estimate of drug-likeness (QED) is 0.493. The summed E-state index contributed by atoms with van der Waals surface area (Å²) in [4.78, 5) is 26.8. The van der Waals surface area contributed by atoms with Gasteiger partial charge in [0, 0.05) is 58.4 Å². The van der Waals surface area contributed by atoms with Gasteiger partial charge in [0.1, 0.15) is 12.4 Å². The molecule has 0 bridgehead atoms. The molecule has 3 aliphatic rings. The number of fused-ring (bicyclic) bond motifs is 1. The number of likely N-dealkylation sites (tertiary alicyclic amines) is 1. The molecular weight excluding hydrogens is 465 g/mol. The van der Waals surface area contributed by atoms with Crippen LogP contribution in [0.2, 0.25) is 0 Å². The van der Waals surface area contributed by atoms with Crippen LogP contribution in [0.5, 0.6) is 6.01 Å². The monoisotopic (exact) mass is 497 g/mol. The zero-order valence-corrected chi connectivity index (χ0v) is 20.7. The summed E-state index contributed by atoms with van der Waals surface area (Å²) in [5, 5.41) is 0. The lowest BCUT2D eigenvalue weighted by atomic mass is 10.2. The molecule has 1 aromatic rings. The van der Waals surface area contributed by atoms with Crippen molar-refractivity contribution in [2.24, 2.45) is 0 Å². The molecule has 0 N–H and O–H groups in total. The Balaban J connectivity index is 1.58. The van der Waals surface area contributed by atoms with Crippen molar-refractivity contribution >= 4 is 21.9 Å². The minimum atomic E-state index is -3.64. The van der Waals surface area contributed by atoms with Crippen molar-refractivity contribution in [2.45, 2.75) is 32.0 Å². The molecule has 0 unspecified atom stereocenters. The number of halogens is 1. The van der Waals surface area contributed by atoms with Crippen molar-refractivity contribution in [1.82, 2.24) is 28.4 Å². The maximum atomic E-state index is 13.3. The highest BCUT2D eigenvalue weighted by Gasteiger charge is 2.36. The van der Waals surface area contributed by atoms with E-state index in [0.717, 1.165) is 24.9 Å². The van der Waals surface area contributed by atoms with E-state index in [-0.39, 0.29) is 25.1 Å². The lowest BCUT2D eigenvalue weighted by Crippen LogP contribution is -2.49. The average Bonchev–Trinajstić information content (AvgIpc) is 3.42. The van der Waals surface area contributed by atoms with Gasteiger partial charge in [0.2, 0.25) is 0 Å². The number of ether oxygens (including phenoxy) is 1. The summed E-state index contributed by atoms with van der Waals surface area (Å²) in [6.45, 7) is 6.32. The molecule has 0 aromatic carbocycles. The predicted molar refractivity (Wildman–Crippen MR) is 124 cm³/mol. The summed E-state index contributed by atoms with van der Waals surface area (Å²) in [7, 11) is 1.41. The van der Waals surface area contributed by atoms with Crippen LogP contribution in [0.4, 0.5) is 10.2 Å². The van der Waals surface area contributed by atoms with Crippen LogP contribution in [0, 0.1) is 0 Å². The molecule has 2 fully saturated rings. The smallest absolute Gasteiger partial charge is 0.318 e. The summed E-state index contributed by atoms with van der Waals surface area (Å²) in [6.07, 6.45) is 2.16. The SMILES string of the molecule is C=C(F)C(=O)N1CCN(c2nc(OC[C@@H]3CCCN3C)nc3c2CN(S(=O)(=O)N(C)C)C3)CC1. The maximum Gasteiger partial charge on any atom is 0.318 e. The van der Waals surface area contributed by atoms with Crippen LogP contribution < -0.4 is 9.64 Å². The van der Waals surface area contributed by atoms with E-state index in [4.69, 9.17) is 4.74 Å². The Morgan fingerprint density at radius 3 is 2.47 bits per heavy atom. The van der Waals surface area contributed by atoms with E-state index in [9.17, 15) is 17.6 Å². The van der Waals surface area contributed by atoms with E-state index >= 15 is 0 Å². The third kappa shape index (κ3) is 4.88. The molecule has 1 aromatic heterocycles. The summed E-state index contributed by atoms with van der Waals surface area (Å²) in [5.41, 5.74) is 1.34. The minimum Gasteiger partial charge on any atom is -0.462 e. The molecule has 3 aliphatic heterocycles. The first-order valence-electron chi connectivity index (χ1n) is 11.4. The van der Waals surface area contributed by atoms with Crippen LogP contribution in [-0.2, 0) is 28.1 Å². The van der Waals surface area contributed by atoms with Gasteiger partial charge >= 0.3 is 6.01 Å². The van der Waals surface area contributed by atoms with Crippen molar-refractivity contribution < 1.29 is 22.3 Å². The van der Waals surface area contributed by atoms with Gasteiger partial charge < -0.3 is 19.4 Å². The second kappa shape index (κ2) is 9.72. The molecule has 11 nitrogen and oxygen atoms in total. The number of anilines is 1. The van der Waals surface area contributed by atoms with Gasteiger partial charge in [0.05, 0.1) is 12.2 Å². The van der Waals surface area contributed by atoms with Crippen LogP contribution in [0.3, 0.4) is 0 Å². The van der Waals surface area contributed by atoms with Crippen LogP contribution in [0.15, 0.2) is 12.4 Å². The molecule has 0 saturated carbocycles. The van der Waals surface area contributed by atoms with Gasteiger partial charge in [-0.1, -0.05) is 6.58 Å². The summed E-state index contributed by atoms with van der Waals surface area (Å²) in [6, 6.07) is 0.503. The van der Waals surface area contributed by atoms with E-state index < -0.39 is 21.9 Å². The molecule has 4 heterocycles. The molecule has 1 atom stereocenters. The van der Waals surface area contributed by atoms with Gasteiger partial charge in [0.25, 0.3) is 16.1 Å². The van der Waals surface area contributed by atoms with Gasteiger partial charge in [-0.05, 0) is 26.4 Å². The third-order valence-electron chi connectivity index (χ3n) is 6.67. The number of amides is 1. The van der Waals surface area contributed by atoms with Crippen LogP contribution in [0.1, 0.15) is 24.1 Å². The van der Waals surface area contributed by atoms with E-state index in [2.05, 4.69) is 28.5 Å². The third-order valence-corrected chi connectivity index (χ3v) is 8.51. The average molecular weight is 498 g/mol. The van der Waals surface area contributed by atoms with E-state index in [1.807, 2.05) is 4.90 Å². The highest BCUT2D eigenvalue weighted by molar-refractivity contribution is 7.86. The van der Waals surface area contributed by atoms with Crippen molar-refractivity contribution in [3.05, 3.63) is 23.7 Å². The zero-order valence-electron chi connectivity index (χ0n) is 19.9. The number of nitrogens with zero attached hydrogens (tertiary/aromatic N) is 7. The number of likely N-dealkylation sites (N-methyl/N-ethyl adjacent to an activating group) is 1. The summed E-state index contributed by atoms with van der Waals surface area (Å²) in [5.74, 6) is -1.09. The van der Waals surface area contributed by atoms with Crippen LogP contribution in [-0.4, -0.2) is 109 Å². The molecule has 0 spiro atoms. The molecule has 2 saturated heterocycles. The van der Waals surface area contributed by atoms with Crippen LogP contribution in [0.25, 0.3) is 0 Å². The maximum absolute atomic E-state index is 13.3. The second-order valence-corrected chi connectivity index (χ2v) is 11.2. The normalized spacial score (nSPS) is 21.9. The number of hydrogen-bond acceptors (Lipinski definition) is 8. The standard InChI is InChI=1S/C21H32FN7O4S/c1-15(22)20(30)28-10-8-27(9-11-28)19-17-12-29(34(31,32)25(2)3)13-18(17)23-21(24-19)33-14-16-6-5-7-26(16)4/h16H,1,5-14H2,2-4H3/t16-/m0/s1. The first kappa shape index (κ1) is 24.8. The minimum absolute atomic E-state index is 0.130. The van der Waals surface area contributed by atoms with Crippen molar-refractivity contribution in [2.75, 3.05) is 65.4 Å². The van der Waals surface area contributed by atoms with Gasteiger partial charge in [-0.3, -0.25) is 4.79 Å². The molecule has 0 radical (unpaired) electrons. The Morgan fingerprint density at radius 2 is 1.88 bits per heavy atom. The van der Waals surface area contributed by atoms with Crippen molar-refractivity contribution in [1.29, 1.82) is 0 Å². The molecule has 0 aliphatic carbocycles. The number of rotatable bonds is 7. The fraction of sp³-hybridized carbons (Fsp3) is 0.667. The Labute approximate surface area is 200 Å². The highest BCUT2D eigenvalue weighted by atomic mass is 32.2. The number of carbonyl (C=O) groups excluding carboxylic acids is 1. The molecule has 1 amide bonds. The Bertz CT molecular complexity index is 1060. The topological polar surface area (TPSA) is 102 Å². The molecule has 188 valence electrons. The fourth-order valence-electron chi connectivity index (χ4n) is 4.56. The summed E-state index contributed by atoms with van der Waals surface area (Å²) >= 11 is 0. The van der Waals surface area contributed by atoms with Crippen LogP contribution >= 0.6 is 0 Å². The largest absolute Gasteiger partial charge is 0.462 e. The molecule has 4 rings (SSSR count). The van der Waals surface area contributed by atoms with E-state index in [1.54, 1.807) is 0 Å². The van der Waals surface area contributed by atoms with Gasteiger partial charge in [-0.15, -0.1) is 0 Å². The van der Waals surface area contributed by atoms with Crippen molar-refractivity contribution in [3.8, 4) is 6.01 Å². The van der Waals surface area contributed by atoms with E-state index in [1.165, 1.54) is 27.6 Å².